The number of aromatic nitrogens is 1. The number of nitrogens with zero attached hydrogens (tertiary/aromatic N) is 2. The maximum atomic E-state index is 12.9. The van der Waals surface area contributed by atoms with Gasteiger partial charge in [0.05, 0.1) is 12.0 Å². The zero-order valence-corrected chi connectivity index (χ0v) is 18.6. The van der Waals surface area contributed by atoms with E-state index in [9.17, 15) is 10.1 Å². The number of nitriles is 1. The van der Waals surface area contributed by atoms with Gasteiger partial charge in [-0.2, -0.15) is 5.26 Å². The first-order valence-electron chi connectivity index (χ1n) is 10.7. The lowest BCUT2D eigenvalue weighted by Crippen LogP contribution is -2.22. The van der Waals surface area contributed by atoms with Crippen LogP contribution in [0.15, 0.2) is 96.1 Å². The van der Waals surface area contributed by atoms with Crippen molar-refractivity contribution in [1.82, 2.24) is 4.98 Å². The summed E-state index contributed by atoms with van der Waals surface area (Å²) in [5.74, 6) is -0.115. The largest absolute Gasteiger partial charge is 0.464 e. The van der Waals surface area contributed by atoms with Gasteiger partial charge in [0.15, 0.2) is 0 Å². The average Bonchev–Trinajstić information content (AvgIpc) is 3.41. The molecule has 2 aromatic carbocycles. The number of aryl methyl sites for hydroxylation is 1. The Morgan fingerprint density at radius 2 is 1.91 bits per heavy atom. The average molecular weight is 450 g/mol. The summed E-state index contributed by atoms with van der Waals surface area (Å²) >= 11 is 0. The number of ether oxygens (including phenoxy) is 2. The number of carbonyl (C=O) groups is 1. The molecule has 0 aliphatic carbocycles. The summed E-state index contributed by atoms with van der Waals surface area (Å²) in [6.45, 7) is 5.61. The molecule has 6 nitrogen and oxygen atoms in total. The minimum absolute atomic E-state index is 0.0105. The molecule has 4 rings (SSSR count). The summed E-state index contributed by atoms with van der Waals surface area (Å²) in [6.07, 6.45) is 1.88. The molecule has 0 radical (unpaired) electrons. The number of pyridine rings is 1. The maximum Gasteiger partial charge on any atom is 0.352 e. The van der Waals surface area contributed by atoms with E-state index in [1.807, 2.05) is 37.3 Å². The molecule has 0 N–H and O–H groups in total. The van der Waals surface area contributed by atoms with Gasteiger partial charge in [0.1, 0.15) is 24.0 Å². The van der Waals surface area contributed by atoms with E-state index in [0.717, 1.165) is 11.1 Å². The maximum absolute atomic E-state index is 12.9. The molecule has 0 aliphatic heterocycles. The summed E-state index contributed by atoms with van der Waals surface area (Å²) in [5.41, 5.74) is 3.75. The minimum Gasteiger partial charge on any atom is -0.464 e. The number of rotatable bonds is 8. The van der Waals surface area contributed by atoms with Crippen molar-refractivity contribution in [2.45, 2.75) is 13.0 Å². The molecule has 0 amide bonds. The van der Waals surface area contributed by atoms with Gasteiger partial charge in [0.2, 0.25) is 12.0 Å². The van der Waals surface area contributed by atoms with E-state index >= 15 is 0 Å². The Kier molecular flexibility index (Phi) is 6.85. The lowest BCUT2D eigenvalue weighted by Gasteiger charge is -2.19. The van der Waals surface area contributed by atoms with Crippen molar-refractivity contribution in [3.63, 3.8) is 0 Å². The van der Waals surface area contributed by atoms with Gasteiger partial charge >= 0.3 is 5.97 Å². The molecule has 0 spiro atoms. The molecule has 4 aromatic rings. The predicted molar refractivity (Wildman–Crippen MR) is 128 cm³/mol. The highest BCUT2D eigenvalue weighted by Crippen LogP contribution is 2.36. The summed E-state index contributed by atoms with van der Waals surface area (Å²) in [4.78, 5) is 17.5. The van der Waals surface area contributed by atoms with Gasteiger partial charge in [-0.3, -0.25) is 0 Å². The third-order valence-electron chi connectivity index (χ3n) is 5.12. The quantitative estimate of drug-likeness (QED) is 0.240. The first kappa shape index (κ1) is 22.6. The highest BCUT2D eigenvalue weighted by Gasteiger charge is 2.28. The van der Waals surface area contributed by atoms with Gasteiger partial charge in [-0.25, -0.2) is 9.78 Å². The number of furan rings is 1. The third-order valence-corrected chi connectivity index (χ3v) is 5.12. The first-order chi connectivity index (χ1) is 16.6. The molecule has 0 aliphatic rings. The second kappa shape index (κ2) is 10.3. The van der Waals surface area contributed by atoms with Crippen LogP contribution in [0, 0.1) is 18.3 Å². The number of benzene rings is 2. The van der Waals surface area contributed by atoms with Gasteiger partial charge in [0, 0.05) is 16.7 Å². The fraction of sp³-hybridized carbons (Fsp3) is 0.107. The molecule has 6 heteroatoms. The lowest BCUT2D eigenvalue weighted by molar-refractivity contribution is -0.151. The van der Waals surface area contributed by atoms with Gasteiger partial charge in [-0.05, 0) is 25.1 Å². The van der Waals surface area contributed by atoms with Crippen molar-refractivity contribution >= 4 is 5.97 Å². The van der Waals surface area contributed by atoms with Crippen molar-refractivity contribution in [2.24, 2.45) is 0 Å². The molecule has 0 fully saturated rings. The Hall–Kier alpha value is -4.63. The molecule has 0 saturated carbocycles. The van der Waals surface area contributed by atoms with Crippen LogP contribution < -0.4 is 4.74 Å². The fourth-order valence-electron chi connectivity index (χ4n) is 3.42. The molecule has 168 valence electrons. The number of hydrogen-bond donors (Lipinski definition) is 0. The fourth-order valence-corrected chi connectivity index (χ4v) is 3.42. The summed E-state index contributed by atoms with van der Waals surface area (Å²) in [6, 6.07) is 24.2. The molecule has 34 heavy (non-hydrogen) atoms. The number of esters is 1. The SMILES string of the molecule is C=CCOC(=O)C(Oc1nc(-c2ccc(C)cc2)cc(-c2ccco2)c1C#N)c1ccccc1. The van der Waals surface area contributed by atoms with Crippen molar-refractivity contribution in [3.05, 3.63) is 108 Å². The van der Waals surface area contributed by atoms with E-state index in [2.05, 4.69) is 17.6 Å². The molecular weight excluding hydrogens is 428 g/mol. The normalized spacial score (nSPS) is 11.3. The Labute approximate surface area is 197 Å². The molecule has 0 bridgehead atoms. The van der Waals surface area contributed by atoms with Gasteiger partial charge in [-0.1, -0.05) is 72.8 Å². The highest BCUT2D eigenvalue weighted by atomic mass is 16.6. The molecule has 1 atom stereocenters. The molecule has 0 saturated heterocycles. The van der Waals surface area contributed by atoms with Gasteiger partial charge < -0.3 is 13.9 Å². The Balaban J connectivity index is 1.86. The summed E-state index contributed by atoms with van der Waals surface area (Å²) in [7, 11) is 0. The first-order valence-corrected chi connectivity index (χ1v) is 10.7. The van der Waals surface area contributed by atoms with Crippen molar-refractivity contribution in [1.29, 1.82) is 5.26 Å². The van der Waals surface area contributed by atoms with Crippen LogP contribution in [-0.2, 0) is 9.53 Å². The van der Waals surface area contributed by atoms with Crippen LogP contribution in [-0.4, -0.2) is 17.6 Å². The van der Waals surface area contributed by atoms with Crippen molar-refractivity contribution in [3.8, 4) is 34.5 Å². The van der Waals surface area contributed by atoms with Crippen LogP contribution in [0.3, 0.4) is 0 Å². The van der Waals surface area contributed by atoms with Crippen LogP contribution in [0.2, 0.25) is 0 Å². The van der Waals surface area contributed by atoms with E-state index in [1.165, 1.54) is 12.3 Å². The van der Waals surface area contributed by atoms with E-state index < -0.39 is 12.1 Å². The summed E-state index contributed by atoms with van der Waals surface area (Å²) < 4.78 is 17.0. The highest BCUT2D eigenvalue weighted by molar-refractivity contribution is 5.79. The van der Waals surface area contributed by atoms with Crippen LogP contribution in [0.4, 0.5) is 0 Å². The minimum atomic E-state index is -1.13. The van der Waals surface area contributed by atoms with E-state index in [4.69, 9.17) is 13.9 Å². The Morgan fingerprint density at radius 1 is 1.15 bits per heavy atom. The van der Waals surface area contributed by atoms with Crippen molar-refractivity contribution in [2.75, 3.05) is 6.61 Å². The van der Waals surface area contributed by atoms with Crippen LogP contribution in [0.5, 0.6) is 5.88 Å². The third kappa shape index (κ3) is 4.89. The topological polar surface area (TPSA) is 85.3 Å². The molecule has 2 heterocycles. The van der Waals surface area contributed by atoms with Crippen LogP contribution >= 0.6 is 0 Å². The second-order valence-corrected chi connectivity index (χ2v) is 7.52. The predicted octanol–water partition coefficient (Wildman–Crippen LogP) is 6.04. The summed E-state index contributed by atoms with van der Waals surface area (Å²) in [5, 5.41) is 10.0. The smallest absolute Gasteiger partial charge is 0.352 e. The number of carbonyl (C=O) groups excluding carboxylic acids is 1. The zero-order chi connectivity index (χ0) is 23.9. The Morgan fingerprint density at radius 3 is 2.56 bits per heavy atom. The van der Waals surface area contributed by atoms with E-state index in [1.54, 1.807) is 42.5 Å². The Bertz CT molecular complexity index is 1320. The zero-order valence-electron chi connectivity index (χ0n) is 18.6. The molecular formula is C28H22N2O4. The van der Waals surface area contributed by atoms with Crippen molar-refractivity contribution < 1.29 is 18.7 Å². The van der Waals surface area contributed by atoms with E-state index in [0.29, 0.717) is 22.6 Å². The van der Waals surface area contributed by atoms with Crippen LogP contribution in [0.25, 0.3) is 22.6 Å². The monoisotopic (exact) mass is 450 g/mol. The lowest BCUT2D eigenvalue weighted by atomic mass is 10.0. The molecule has 1 unspecified atom stereocenters. The van der Waals surface area contributed by atoms with Crippen LogP contribution in [0.1, 0.15) is 22.8 Å². The second-order valence-electron chi connectivity index (χ2n) is 7.52. The molecule has 2 aromatic heterocycles. The standard InChI is InChI=1S/C28H22N2O4/c1-3-15-33-28(31)26(21-8-5-4-6-9-21)34-27-23(18-29)22(25-10-7-16-32-25)17-24(30-27)20-13-11-19(2)12-14-20/h3-14,16-17,26H,1,15H2,2H3. The number of hydrogen-bond acceptors (Lipinski definition) is 6. The van der Waals surface area contributed by atoms with E-state index in [-0.39, 0.29) is 18.1 Å². The van der Waals surface area contributed by atoms with Gasteiger partial charge in [-0.15, -0.1) is 0 Å². The van der Waals surface area contributed by atoms with Gasteiger partial charge in [0.25, 0.3) is 0 Å².